The summed E-state index contributed by atoms with van der Waals surface area (Å²) in [5.41, 5.74) is 14.0. The van der Waals surface area contributed by atoms with Crippen LogP contribution in [0, 0.1) is 13.8 Å². The molecule has 1 fully saturated rings. The normalized spacial score (nSPS) is 14.7. The average Bonchev–Trinajstić information content (AvgIpc) is 3.24. The van der Waals surface area contributed by atoms with Crippen LogP contribution in [-0.2, 0) is 0 Å². The Morgan fingerprint density at radius 3 is 2.45 bits per heavy atom. The van der Waals surface area contributed by atoms with E-state index < -0.39 is 5.91 Å². The maximum absolute atomic E-state index is 11.7. The molecule has 0 unspecified atom stereocenters. The first-order valence-electron chi connectivity index (χ1n) is 11.2. The first kappa shape index (κ1) is 21.2. The van der Waals surface area contributed by atoms with Gasteiger partial charge in [-0.05, 0) is 61.9 Å². The largest absolute Gasteiger partial charge is 0.368 e. The highest BCUT2D eigenvalue weighted by Gasteiger charge is 2.17. The van der Waals surface area contributed by atoms with E-state index in [4.69, 9.17) is 10.7 Å². The van der Waals surface area contributed by atoms with Crippen LogP contribution in [0.2, 0.25) is 0 Å². The number of aromatic nitrogens is 3. The van der Waals surface area contributed by atoms with Crippen LogP contribution in [0.4, 0.5) is 5.69 Å². The highest BCUT2D eigenvalue weighted by molar-refractivity contribution is 5.99. The van der Waals surface area contributed by atoms with Crippen LogP contribution in [0.25, 0.3) is 33.4 Å². The van der Waals surface area contributed by atoms with Gasteiger partial charge in [-0.15, -0.1) is 0 Å². The quantitative estimate of drug-likeness (QED) is 0.504. The maximum atomic E-state index is 11.7. The zero-order valence-corrected chi connectivity index (χ0v) is 19.2. The minimum Gasteiger partial charge on any atom is -0.368 e. The number of benzene rings is 1. The molecule has 4 aromatic rings. The van der Waals surface area contributed by atoms with Crippen LogP contribution in [0.5, 0.6) is 0 Å². The highest BCUT2D eigenvalue weighted by Crippen LogP contribution is 2.34. The van der Waals surface area contributed by atoms with E-state index in [0.717, 1.165) is 76.4 Å². The lowest BCUT2D eigenvalue weighted by Gasteiger charge is -2.33. The van der Waals surface area contributed by atoms with Crippen LogP contribution < -0.4 is 10.6 Å². The molecule has 0 saturated carbocycles. The Morgan fingerprint density at radius 2 is 1.76 bits per heavy atom. The first-order chi connectivity index (χ1) is 15.9. The molecule has 0 aliphatic carbocycles. The number of rotatable bonds is 4. The van der Waals surface area contributed by atoms with Crippen molar-refractivity contribution in [2.75, 3.05) is 38.1 Å². The van der Waals surface area contributed by atoms with Gasteiger partial charge in [-0.25, -0.2) is 4.98 Å². The number of hydrogen-bond acceptors (Lipinski definition) is 5. The fourth-order valence-electron chi connectivity index (χ4n) is 4.55. The summed E-state index contributed by atoms with van der Waals surface area (Å²) in [6.07, 6.45) is 5.78. The molecule has 7 nitrogen and oxygen atoms in total. The Balaban J connectivity index is 1.49. The minimum atomic E-state index is -0.406. The average molecular weight is 441 g/mol. The Hall–Kier alpha value is -3.71. The number of likely N-dealkylation sites (N-methyl/N-ethyl adjacent to an activating group) is 1. The second-order valence-electron chi connectivity index (χ2n) is 8.79. The van der Waals surface area contributed by atoms with Gasteiger partial charge in [0.15, 0.2) is 0 Å². The summed E-state index contributed by atoms with van der Waals surface area (Å²) in [5.74, 6) is -0.406. The fourth-order valence-corrected chi connectivity index (χ4v) is 4.55. The number of nitrogens with two attached hydrogens (primary N) is 1. The molecule has 7 heteroatoms. The summed E-state index contributed by atoms with van der Waals surface area (Å²) >= 11 is 0. The molecule has 1 saturated heterocycles. The maximum Gasteiger partial charge on any atom is 0.248 e. The summed E-state index contributed by atoms with van der Waals surface area (Å²) in [6, 6.07) is 10.1. The summed E-state index contributed by atoms with van der Waals surface area (Å²) in [6.45, 7) is 8.13. The number of piperazine rings is 1. The van der Waals surface area contributed by atoms with Crippen LogP contribution in [0.15, 0.2) is 48.9 Å². The van der Waals surface area contributed by atoms with Gasteiger partial charge in [0.05, 0.1) is 17.6 Å². The lowest BCUT2D eigenvalue weighted by molar-refractivity contribution is 0.0999. The summed E-state index contributed by atoms with van der Waals surface area (Å²) in [4.78, 5) is 29.1. The molecule has 5 rings (SSSR count). The van der Waals surface area contributed by atoms with Crippen molar-refractivity contribution >= 4 is 22.6 Å². The van der Waals surface area contributed by atoms with Gasteiger partial charge in [0.1, 0.15) is 5.65 Å². The number of hydrogen-bond donors (Lipinski definition) is 2. The van der Waals surface area contributed by atoms with Gasteiger partial charge < -0.3 is 20.5 Å². The van der Waals surface area contributed by atoms with Crippen molar-refractivity contribution in [1.82, 2.24) is 19.9 Å². The third-order valence-corrected chi connectivity index (χ3v) is 6.79. The van der Waals surface area contributed by atoms with Gasteiger partial charge in [0.2, 0.25) is 5.91 Å². The van der Waals surface area contributed by atoms with Gasteiger partial charge >= 0.3 is 0 Å². The summed E-state index contributed by atoms with van der Waals surface area (Å²) in [5, 5.41) is 1.02. The van der Waals surface area contributed by atoms with Crippen molar-refractivity contribution in [3.05, 3.63) is 65.6 Å². The second kappa shape index (κ2) is 8.33. The molecule has 1 amide bonds. The zero-order valence-electron chi connectivity index (χ0n) is 19.2. The van der Waals surface area contributed by atoms with E-state index in [1.807, 2.05) is 38.5 Å². The number of H-pyrrole nitrogens is 1. The first-order valence-corrected chi connectivity index (χ1v) is 11.2. The van der Waals surface area contributed by atoms with Crippen molar-refractivity contribution < 1.29 is 4.79 Å². The number of aromatic amines is 1. The van der Waals surface area contributed by atoms with Crippen molar-refractivity contribution in [3.63, 3.8) is 0 Å². The van der Waals surface area contributed by atoms with Gasteiger partial charge in [0, 0.05) is 60.6 Å². The Labute approximate surface area is 193 Å². The zero-order chi connectivity index (χ0) is 23.1. The van der Waals surface area contributed by atoms with E-state index in [1.165, 1.54) is 0 Å². The van der Waals surface area contributed by atoms with Gasteiger partial charge in [0.25, 0.3) is 0 Å². The second-order valence-corrected chi connectivity index (χ2v) is 8.79. The minimum absolute atomic E-state index is 0.406. The number of carbonyl (C=O) groups is 1. The Morgan fingerprint density at radius 1 is 0.970 bits per heavy atom. The summed E-state index contributed by atoms with van der Waals surface area (Å²) < 4.78 is 0. The van der Waals surface area contributed by atoms with Gasteiger partial charge in [-0.2, -0.15) is 0 Å². The van der Waals surface area contributed by atoms with Gasteiger partial charge in [-0.3, -0.25) is 9.78 Å². The van der Waals surface area contributed by atoms with Crippen molar-refractivity contribution in [3.8, 4) is 22.4 Å². The molecular formula is C26H28N6O. The standard InChI is InChI=1S/C26H28N6O/c1-16-17(2)21(25(27)33)6-5-20(16)23-15-30-26-22(23)12-18(13-29-26)24-7-4-19(14-28-24)32-10-8-31(3)9-11-32/h4-7,12-15H,8-11H2,1-3H3,(H2,27,33)(H,29,30). The predicted octanol–water partition coefficient (Wildman–Crippen LogP) is 3.76. The van der Waals surface area contributed by atoms with E-state index in [-0.39, 0.29) is 0 Å². The van der Waals surface area contributed by atoms with E-state index in [9.17, 15) is 4.79 Å². The van der Waals surface area contributed by atoms with Crippen molar-refractivity contribution in [1.29, 1.82) is 0 Å². The Bertz CT molecular complexity index is 1330. The third kappa shape index (κ3) is 3.85. The number of carbonyl (C=O) groups excluding carboxylic acids is 1. The van der Waals surface area contributed by atoms with Crippen LogP contribution >= 0.6 is 0 Å². The van der Waals surface area contributed by atoms with Crippen LogP contribution in [0.1, 0.15) is 21.5 Å². The molecule has 3 N–H and O–H groups in total. The number of primary amides is 1. The lowest BCUT2D eigenvalue weighted by atomic mass is 9.93. The van der Waals surface area contributed by atoms with E-state index >= 15 is 0 Å². The topological polar surface area (TPSA) is 91.1 Å². The molecule has 168 valence electrons. The molecule has 0 spiro atoms. The summed E-state index contributed by atoms with van der Waals surface area (Å²) in [7, 11) is 2.16. The van der Waals surface area contributed by atoms with Crippen molar-refractivity contribution in [2.24, 2.45) is 5.73 Å². The van der Waals surface area contributed by atoms with E-state index in [1.54, 1.807) is 6.07 Å². The number of amides is 1. The number of nitrogens with zero attached hydrogens (tertiary/aromatic N) is 4. The molecule has 1 aliphatic heterocycles. The number of anilines is 1. The molecule has 3 aromatic heterocycles. The Kier molecular flexibility index (Phi) is 5.34. The van der Waals surface area contributed by atoms with E-state index in [2.05, 4.69) is 45.0 Å². The molecule has 0 atom stereocenters. The monoisotopic (exact) mass is 440 g/mol. The predicted molar refractivity (Wildman–Crippen MR) is 132 cm³/mol. The fraction of sp³-hybridized carbons (Fsp3) is 0.269. The number of nitrogens with one attached hydrogen (secondary N) is 1. The van der Waals surface area contributed by atoms with Crippen molar-refractivity contribution in [2.45, 2.75) is 13.8 Å². The number of pyridine rings is 2. The molecule has 1 aromatic carbocycles. The molecule has 33 heavy (non-hydrogen) atoms. The highest BCUT2D eigenvalue weighted by atomic mass is 16.1. The number of fused-ring (bicyclic) bond motifs is 1. The molecule has 0 bridgehead atoms. The lowest BCUT2D eigenvalue weighted by Crippen LogP contribution is -2.44. The molecule has 1 aliphatic rings. The smallest absolute Gasteiger partial charge is 0.248 e. The SMILES string of the molecule is Cc1c(C(N)=O)ccc(-c2c[nH]c3ncc(-c4ccc(N5CCN(C)CC5)cn4)cc23)c1C. The third-order valence-electron chi connectivity index (χ3n) is 6.79. The van der Waals surface area contributed by atoms with Gasteiger partial charge in [-0.1, -0.05) is 6.07 Å². The van der Waals surface area contributed by atoms with Crippen LogP contribution in [-0.4, -0.2) is 59.0 Å². The van der Waals surface area contributed by atoms with Crippen LogP contribution in [0.3, 0.4) is 0 Å². The molecular weight excluding hydrogens is 412 g/mol. The molecule has 4 heterocycles. The molecule has 0 radical (unpaired) electrons. The van der Waals surface area contributed by atoms with E-state index in [0.29, 0.717) is 5.56 Å².